The number of nitrogens with zero attached hydrogens (tertiary/aromatic N) is 4. The first-order valence-corrected chi connectivity index (χ1v) is 12.9. The van der Waals surface area contributed by atoms with E-state index < -0.39 is 0 Å². The molecule has 7 nitrogen and oxygen atoms in total. The van der Waals surface area contributed by atoms with Crippen molar-refractivity contribution in [1.29, 1.82) is 0 Å². The van der Waals surface area contributed by atoms with Gasteiger partial charge >= 0.3 is 0 Å². The summed E-state index contributed by atoms with van der Waals surface area (Å²) in [5.74, 6) is -0.492. The van der Waals surface area contributed by atoms with Gasteiger partial charge in [-0.2, -0.15) is 5.10 Å². The van der Waals surface area contributed by atoms with Gasteiger partial charge in [-0.25, -0.2) is 9.37 Å². The fraction of sp³-hybridized carbons (Fsp3) is 0.321. The van der Waals surface area contributed by atoms with Crippen LogP contribution >= 0.6 is 36.4 Å². The number of nitrogens with one attached hydrogen (secondary N) is 2. The monoisotopic (exact) mass is 592 g/mol. The van der Waals surface area contributed by atoms with Gasteiger partial charge in [0.15, 0.2) is 5.65 Å². The minimum Gasteiger partial charge on any atom is -0.367 e. The lowest BCUT2D eigenvalue weighted by Crippen LogP contribution is -2.51. The van der Waals surface area contributed by atoms with Gasteiger partial charge in [0.1, 0.15) is 5.82 Å². The Balaban J connectivity index is 0.00000210. The highest BCUT2D eigenvalue weighted by Gasteiger charge is 2.30. The highest BCUT2D eigenvalue weighted by atomic mass is 35.5. The molecule has 4 aromatic rings. The number of benzene rings is 2. The first-order valence-electron chi connectivity index (χ1n) is 12.5. The highest BCUT2D eigenvalue weighted by Crippen LogP contribution is 2.37. The zero-order valence-electron chi connectivity index (χ0n) is 21.7. The molecule has 1 amide bonds. The van der Waals surface area contributed by atoms with E-state index in [0.717, 1.165) is 27.8 Å². The van der Waals surface area contributed by atoms with Crippen molar-refractivity contribution in [3.63, 3.8) is 0 Å². The fourth-order valence-corrected chi connectivity index (χ4v) is 4.99. The van der Waals surface area contributed by atoms with Crippen molar-refractivity contribution in [1.82, 2.24) is 25.4 Å². The van der Waals surface area contributed by atoms with Crippen LogP contribution in [0.25, 0.3) is 22.2 Å². The fourth-order valence-electron chi connectivity index (χ4n) is 4.86. The first kappa shape index (κ1) is 30.6. The molecule has 11 heteroatoms. The number of H-pyrrole nitrogens is 1. The summed E-state index contributed by atoms with van der Waals surface area (Å²) in [6.07, 6.45) is 3.52. The zero-order chi connectivity index (χ0) is 25.9. The number of hydrogen-bond donors (Lipinski definition) is 2. The number of piperazine rings is 1. The molecule has 208 valence electrons. The van der Waals surface area contributed by atoms with E-state index in [0.29, 0.717) is 43.4 Å². The van der Waals surface area contributed by atoms with Gasteiger partial charge in [-0.3, -0.25) is 9.89 Å². The topological polar surface area (TPSA) is 77.2 Å². The molecule has 0 radical (unpaired) electrons. The van der Waals surface area contributed by atoms with E-state index in [1.54, 1.807) is 18.5 Å². The summed E-state index contributed by atoms with van der Waals surface area (Å²) in [5.41, 5.74) is 4.18. The van der Waals surface area contributed by atoms with Crippen LogP contribution in [0.2, 0.25) is 5.02 Å². The quantitative estimate of drug-likeness (QED) is 0.288. The van der Waals surface area contributed by atoms with Crippen molar-refractivity contribution >= 4 is 59.0 Å². The predicted octanol–water partition coefficient (Wildman–Crippen LogP) is 5.69. The molecule has 0 saturated carbocycles. The average molecular weight is 594 g/mol. The molecule has 0 bridgehead atoms. The number of aromatic amines is 1. The Morgan fingerprint density at radius 2 is 1.79 bits per heavy atom. The summed E-state index contributed by atoms with van der Waals surface area (Å²) in [4.78, 5) is 22.4. The maximum Gasteiger partial charge on any atom is 0.231 e. The number of halogens is 4. The van der Waals surface area contributed by atoms with E-state index in [1.165, 1.54) is 12.1 Å². The van der Waals surface area contributed by atoms with Crippen molar-refractivity contribution in [3.05, 3.63) is 77.3 Å². The summed E-state index contributed by atoms with van der Waals surface area (Å²) < 4.78 is 14.1. The lowest BCUT2D eigenvalue weighted by atomic mass is 9.96. The Labute approximate surface area is 244 Å². The molecule has 0 spiro atoms. The third kappa shape index (κ3) is 6.81. The van der Waals surface area contributed by atoms with Gasteiger partial charge in [0.2, 0.25) is 5.91 Å². The molecular weight excluding hydrogens is 562 g/mol. The van der Waals surface area contributed by atoms with Crippen molar-refractivity contribution in [2.24, 2.45) is 0 Å². The minimum atomic E-state index is -0.297. The Hall–Kier alpha value is -2.91. The van der Waals surface area contributed by atoms with Gasteiger partial charge in [-0.1, -0.05) is 49.7 Å². The summed E-state index contributed by atoms with van der Waals surface area (Å²) >= 11 is 6.10. The Morgan fingerprint density at radius 1 is 1.08 bits per heavy atom. The molecule has 1 aliphatic rings. The predicted molar refractivity (Wildman–Crippen MR) is 160 cm³/mol. The van der Waals surface area contributed by atoms with Crippen molar-refractivity contribution in [2.75, 3.05) is 37.6 Å². The second-order valence-corrected chi connectivity index (χ2v) is 10.1. The molecule has 1 atom stereocenters. The zero-order valence-corrected chi connectivity index (χ0v) is 24.1. The molecule has 2 aromatic heterocycles. The number of amides is 1. The lowest BCUT2D eigenvalue weighted by molar-refractivity contribution is -0.133. The van der Waals surface area contributed by atoms with Gasteiger partial charge in [0.05, 0.1) is 23.2 Å². The summed E-state index contributed by atoms with van der Waals surface area (Å²) in [5, 5.41) is 12.1. The number of rotatable bonds is 7. The number of pyridine rings is 1. The van der Waals surface area contributed by atoms with Gasteiger partial charge in [-0.05, 0) is 35.4 Å². The maximum atomic E-state index is 14.1. The molecule has 3 heterocycles. The van der Waals surface area contributed by atoms with Gasteiger partial charge in [-0.15, -0.1) is 24.8 Å². The van der Waals surface area contributed by atoms with E-state index in [-0.39, 0.29) is 48.5 Å². The largest absolute Gasteiger partial charge is 0.367 e. The molecule has 39 heavy (non-hydrogen) atoms. The molecule has 1 saturated heterocycles. The third-order valence-corrected chi connectivity index (χ3v) is 7.05. The molecule has 2 N–H and O–H groups in total. The third-order valence-electron chi connectivity index (χ3n) is 6.80. The number of aromatic nitrogens is 3. The van der Waals surface area contributed by atoms with E-state index >= 15 is 0 Å². The summed E-state index contributed by atoms with van der Waals surface area (Å²) in [6.45, 7) is 7.14. The van der Waals surface area contributed by atoms with Crippen LogP contribution in [0.15, 0.2) is 60.9 Å². The normalized spacial score (nSPS) is 14.2. The van der Waals surface area contributed by atoms with Crippen LogP contribution in [0, 0.1) is 5.82 Å². The van der Waals surface area contributed by atoms with Crippen LogP contribution in [-0.2, 0) is 4.79 Å². The summed E-state index contributed by atoms with van der Waals surface area (Å²) in [6, 6.07) is 14.3. The smallest absolute Gasteiger partial charge is 0.231 e. The van der Waals surface area contributed by atoms with Crippen molar-refractivity contribution in [3.8, 4) is 11.1 Å². The Bertz CT molecular complexity index is 1390. The summed E-state index contributed by atoms with van der Waals surface area (Å²) in [7, 11) is 0. The molecule has 1 unspecified atom stereocenters. The maximum absolute atomic E-state index is 14.1. The Kier molecular flexibility index (Phi) is 10.6. The van der Waals surface area contributed by atoms with Crippen LogP contribution in [0.3, 0.4) is 0 Å². The van der Waals surface area contributed by atoms with Crippen LogP contribution in [-0.4, -0.2) is 64.8 Å². The lowest BCUT2D eigenvalue weighted by Gasteiger charge is -2.38. The molecule has 1 aliphatic heterocycles. The van der Waals surface area contributed by atoms with Crippen molar-refractivity contribution < 1.29 is 9.18 Å². The molecule has 2 aromatic carbocycles. The Morgan fingerprint density at radius 3 is 2.46 bits per heavy atom. The number of hydrogen-bond acceptors (Lipinski definition) is 5. The van der Waals surface area contributed by atoms with Gasteiger partial charge in [0, 0.05) is 55.5 Å². The molecule has 0 aliphatic carbocycles. The average Bonchev–Trinajstić information content (AvgIpc) is 3.38. The standard InChI is InChI=1S/C28H30ClFN6O.2ClH/c1-18(2)31-16-24(19-6-8-21(29)9-7-19)28(37)36-12-10-35(11-13-36)26-23(20-4-3-5-22(30)14-20)15-32-27-25(26)17-33-34-27;;/h3-9,14-15,17-18,24,31H,10-13,16H2,1-2H3,(H,32,33,34);2*1H. The first-order chi connectivity index (χ1) is 17.9. The second-order valence-electron chi connectivity index (χ2n) is 9.64. The number of carbonyl (C=O) groups excluding carboxylic acids is 1. The second kappa shape index (κ2) is 13.4. The number of carbonyl (C=O) groups is 1. The van der Waals surface area contributed by atoms with E-state index in [4.69, 9.17) is 11.6 Å². The minimum absolute atomic E-state index is 0. The molecule has 1 fully saturated rings. The van der Waals surface area contributed by atoms with E-state index in [2.05, 4.69) is 39.2 Å². The number of anilines is 1. The van der Waals surface area contributed by atoms with Crippen LogP contribution in [0.4, 0.5) is 10.1 Å². The van der Waals surface area contributed by atoms with E-state index in [1.807, 2.05) is 35.2 Å². The van der Waals surface area contributed by atoms with Crippen LogP contribution in [0.5, 0.6) is 0 Å². The van der Waals surface area contributed by atoms with Crippen LogP contribution in [0.1, 0.15) is 25.3 Å². The van der Waals surface area contributed by atoms with Gasteiger partial charge in [0.25, 0.3) is 0 Å². The van der Waals surface area contributed by atoms with Crippen molar-refractivity contribution in [2.45, 2.75) is 25.8 Å². The van der Waals surface area contributed by atoms with E-state index in [9.17, 15) is 9.18 Å². The highest BCUT2D eigenvalue weighted by molar-refractivity contribution is 6.30. The van der Waals surface area contributed by atoms with Crippen LogP contribution < -0.4 is 10.2 Å². The SMILES string of the molecule is CC(C)NCC(C(=O)N1CCN(c2c(-c3cccc(F)c3)cnc3[nH]ncc23)CC1)c1ccc(Cl)cc1.Cl.Cl. The van der Waals surface area contributed by atoms with Gasteiger partial charge < -0.3 is 15.1 Å². The molecular formula is C28H32Cl3FN6O. The number of fused-ring (bicyclic) bond motifs is 1. The molecule has 5 rings (SSSR count).